The van der Waals surface area contributed by atoms with Gasteiger partial charge in [0.1, 0.15) is 0 Å². The van der Waals surface area contributed by atoms with Gasteiger partial charge in [0.05, 0.1) is 6.61 Å². The van der Waals surface area contributed by atoms with E-state index >= 15 is 0 Å². The first-order valence-corrected chi connectivity index (χ1v) is 15.9. The summed E-state index contributed by atoms with van der Waals surface area (Å²) in [7, 11) is 0. The highest BCUT2D eigenvalue weighted by Gasteiger charge is 2.19. The minimum atomic E-state index is -3.43. The monoisotopic (exact) mass is 450 g/mol. The highest BCUT2D eigenvalue weighted by molar-refractivity contribution is 8.54. The Kier molecular flexibility index (Phi) is 23.6. The first-order valence-electron chi connectivity index (χ1n) is 12.7. The topological polar surface area (TPSA) is 46.5 Å². The zero-order valence-electron chi connectivity index (χ0n) is 19.7. The summed E-state index contributed by atoms with van der Waals surface area (Å²) >= 11 is 1.13. The molecular formula is C24H51O3PS. The van der Waals surface area contributed by atoms with E-state index in [1.807, 2.05) is 0 Å². The fourth-order valence-corrected chi connectivity index (χ4v) is 6.10. The molecule has 0 rings (SSSR count). The average Bonchev–Trinajstić information content (AvgIpc) is 2.70. The summed E-state index contributed by atoms with van der Waals surface area (Å²) < 4.78 is 17.3. The summed E-state index contributed by atoms with van der Waals surface area (Å²) in [4.78, 5) is 9.90. The second-order valence-electron chi connectivity index (χ2n) is 8.50. The van der Waals surface area contributed by atoms with Gasteiger partial charge in [-0.25, -0.2) is 4.57 Å². The molecule has 0 aliphatic rings. The predicted molar refractivity (Wildman–Crippen MR) is 132 cm³/mol. The van der Waals surface area contributed by atoms with Gasteiger partial charge in [-0.05, 0) is 24.2 Å². The first-order chi connectivity index (χ1) is 14.1. The standard InChI is InChI=1S/C24H51O3PS/c1-3-5-7-9-11-13-15-17-19-21-23-27-28(25,26)29-24-22-20-18-16-14-12-10-8-6-4-2/h3-24H2,1-2H3,(H,25,26). The molecule has 176 valence electrons. The van der Waals surface area contributed by atoms with Gasteiger partial charge in [-0.3, -0.25) is 0 Å². The molecule has 0 aromatic rings. The van der Waals surface area contributed by atoms with Crippen molar-refractivity contribution in [1.82, 2.24) is 0 Å². The van der Waals surface area contributed by atoms with Gasteiger partial charge in [-0.1, -0.05) is 129 Å². The van der Waals surface area contributed by atoms with Crippen molar-refractivity contribution >= 4 is 18.2 Å². The van der Waals surface area contributed by atoms with Crippen LogP contribution in [0.3, 0.4) is 0 Å². The quantitative estimate of drug-likeness (QED) is 0.117. The Labute approximate surface area is 186 Å². The third kappa shape index (κ3) is 24.6. The Bertz CT molecular complexity index is 336. The van der Waals surface area contributed by atoms with Crippen LogP contribution < -0.4 is 0 Å². The van der Waals surface area contributed by atoms with Gasteiger partial charge in [0.2, 0.25) is 0 Å². The molecule has 1 unspecified atom stereocenters. The largest absolute Gasteiger partial charge is 0.386 e. The van der Waals surface area contributed by atoms with Gasteiger partial charge >= 0.3 is 6.80 Å². The first kappa shape index (κ1) is 29.5. The van der Waals surface area contributed by atoms with E-state index < -0.39 is 6.80 Å². The normalized spacial score (nSPS) is 13.6. The van der Waals surface area contributed by atoms with E-state index in [0.29, 0.717) is 6.61 Å². The summed E-state index contributed by atoms with van der Waals surface area (Å²) in [6.45, 7) is 1.51. The Morgan fingerprint density at radius 2 is 0.931 bits per heavy atom. The third-order valence-electron chi connectivity index (χ3n) is 5.50. The number of unbranched alkanes of at least 4 members (excludes halogenated alkanes) is 18. The van der Waals surface area contributed by atoms with Crippen molar-refractivity contribution in [3.8, 4) is 0 Å². The molecule has 0 fully saturated rings. The van der Waals surface area contributed by atoms with Crippen LogP contribution in [0.1, 0.15) is 142 Å². The fraction of sp³-hybridized carbons (Fsp3) is 1.00. The van der Waals surface area contributed by atoms with E-state index in [1.54, 1.807) is 0 Å². The van der Waals surface area contributed by atoms with Gasteiger partial charge in [0, 0.05) is 5.75 Å². The Morgan fingerprint density at radius 3 is 1.34 bits per heavy atom. The lowest BCUT2D eigenvalue weighted by atomic mass is 10.1. The van der Waals surface area contributed by atoms with Crippen LogP contribution in [0.2, 0.25) is 0 Å². The second kappa shape index (κ2) is 23.2. The molecule has 0 saturated heterocycles. The fourth-order valence-electron chi connectivity index (χ4n) is 3.58. The van der Waals surface area contributed by atoms with Crippen LogP contribution in [0.25, 0.3) is 0 Å². The maximum atomic E-state index is 12.0. The highest BCUT2D eigenvalue weighted by atomic mass is 32.7. The van der Waals surface area contributed by atoms with Crippen LogP contribution in [0.15, 0.2) is 0 Å². The molecule has 0 amide bonds. The number of rotatable bonds is 24. The van der Waals surface area contributed by atoms with Gasteiger partial charge in [-0.2, -0.15) is 0 Å². The van der Waals surface area contributed by atoms with Crippen LogP contribution in [0.4, 0.5) is 0 Å². The smallest absolute Gasteiger partial charge is 0.316 e. The van der Waals surface area contributed by atoms with Crippen LogP contribution >= 0.6 is 18.2 Å². The van der Waals surface area contributed by atoms with E-state index in [9.17, 15) is 9.46 Å². The summed E-state index contributed by atoms with van der Waals surface area (Å²) in [5, 5.41) is 0. The Hall–Kier alpha value is 0.500. The van der Waals surface area contributed by atoms with E-state index in [4.69, 9.17) is 4.52 Å². The second-order valence-corrected chi connectivity index (χ2v) is 12.5. The molecule has 0 radical (unpaired) electrons. The lowest BCUT2D eigenvalue weighted by Gasteiger charge is -2.11. The molecule has 5 heteroatoms. The molecule has 0 aliphatic heterocycles. The van der Waals surface area contributed by atoms with Crippen molar-refractivity contribution in [2.45, 2.75) is 142 Å². The highest BCUT2D eigenvalue weighted by Crippen LogP contribution is 2.56. The molecule has 0 aromatic carbocycles. The summed E-state index contributed by atoms with van der Waals surface area (Å²) in [5.74, 6) is 0.738. The van der Waals surface area contributed by atoms with Crippen molar-refractivity contribution in [3.05, 3.63) is 0 Å². The Morgan fingerprint density at radius 1 is 0.586 bits per heavy atom. The molecule has 29 heavy (non-hydrogen) atoms. The van der Waals surface area contributed by atoms with Gasteiger partial charge < -0.3 is 9.42 Å². The van der Waals surface area contributed by atoms with Gasteiger partial charge in [0.25, 0.3) is 0 Å². The minimum Gasteiger partial charge on any atom is -0.316 e. The van der Waals surface area contributed by atoms with Gasteiger partial charge in [-0.15, -0.1) is 0 Å². The lowest BCUT2D eigenvalue weighted by molar-refractivity contribution is 0.268. The van der Waals surface area contributed by atoms with Crippen molar-refractivity contribution in [2.24, 2.45) is 0 Å². The molecule has 0 aliphatic carbocycles. The van der Waals surface area contributed by atoms with Crippen molar-refractivity contribution in [3.63, 3.8) is 0 Å². The summed E-state index contributed by atoms with van der Waals surface area (Å²) in [6.07, 6.45) is 25.6. The SMILES string of the molecule is CCCCCCCCCCCCOP(=O)(O)SCCCCCCCCCCCC. The summed E-state index contributed by atoms with van der Waals surface area (Å²) in [5.41, 5.74) is 0. The number of hydrogen-bond donors (Lipinski definition) is 1. The van der Waals surface area contributed by atoms with Crippen molar-refractivity contribution in [2.75, 3.05) is 12.4 Å². The molecule has 3 nitrogen and oxygen atoms in total. The van der Waals surface area contributed by atoms with Crippen LogP contribution in [0.5, 0.6) is 0 Å². The number of hydrogen-bond acceptors (Lipinski definition) is 3. The molecule has 0 spiro atoms. The maximum Gasteiger partial charge on any atom is 0.386 e. The molecular weight excluding hydrogens is 399 g/mol. The third-order valence-corrected chi connectivity index (χ3v) is 8.65. The molecule has 1 N–H and O–H groups in total. The molecule has 0 saturated carbocycles. The van der Waals surface area contributed by atoms with Crippen molar-refractivity contribution in [1.29, 1.82) is 0 Å². The molecule has 0 heterocycles. The van der Waals surface area contributed by atoms with Crippen LogP contribution in [-0.4, -0.2) is 17.3 Å². The zero-order chi connectivity index (χ0) is 21.5. The Balaban J connectivity index is 3.31. The maximum absolute atomic E-state index is 12.0. The van der Waals surface area contributed by atoms with Crippen molar-refractivity contribution < 1.29 is 14.0 Å². The molecule has 0 aromatic heterocycles. The van der Waals surface area contributed by atoms with E-state index in [0.717, 1.165) is 36.4 Å². The van der Waals surface area contributed by atoms with E-state index in [1.165, 1.54) is 109 Å². The van der Waals surface area contributed by atoms with Crippen LogP contribution in [0, 0.1) is 0 Å². The lowest BCUT2D eigenvalue weighted by Crippen LogP contribution is -1.92. The van der Waals surface area contributed by atoms with Gasteiger partial charge in [0.15, 0.2) is 0 Å². The zero-order valence-corrected chi connectivity index (χ0v) is 21.4. The average molecular weight is 451 g/mol. The molecule has 0 bridgehead atoms. The van der Waals surface area contributed by atoms with Crippen LogP contribution in [-0.2, 0) is 9.09 Å². The predicted octanol–water partition coefficient (Wildman–Crippen LogP) is 9.68. The van der Waals surface area contributed by atoms with E-state index in [2.05, 4.69) is 13.8 Å². The minimum absolute atomic E-state index is 0.426. The summed E-state index contributed by atoms with van der Waals surface area (Å²) in [6, 6.07) is 0. The van der Waals surface area contributed by atoms with E-state index in [-0.39, 0.29) is 0 Å². The molecule has 1 atom stereocenters.